The molecular formula is C31H21N3. The third-order valence-electron chi connectivity index (χ3n) is 7.66. The van der Waals surface area contributed by atoms with Crippen LogP contribution in [0.5, 0.6) is 0 Å². The zero-order valence-electron chi connectivity index (χ0n) is 19.0. The summed E-state index contributed by atoms with van der Waals surface area (Å²) in [5, 5.41) is 10.2. The maximum Gasteiger partial charge on any atom is 0.140 e. The minimum absolute atomic E-state index is 1.00. The minimum Gasteiger partial charge on any atom is -0.344 e. The van der Waals surface area contributed by atoms with Crippen LogP contribution in [0.15, 0.2) is 91.0 Å². The zero-order chi connectivity index (χ0) is 22.6. The molecule has 8 aromatic rings. The average molecular weight is 436 g/mol. The number of nitrogens with zero attached hydrogens (tertiary/aromatic N) is 3. The summed E-state index contributed by atoms with van der Waals surface area (Å²) in [5.74, 6) is 1.00. The highest BCUT2D eigenvalue weighted by molar-refractivity contribution is 6.32. The Kier molecular flexibility index (Phi) is 3.27. The summed E-state index contributed by atoms with van der Waals surface area (Å²) < 4.78 is 4.56. The fraction of sp³-hybridized carbons (Fsp3) is 0.0645. The second kappa shape index (κ2) is 6.15. The van der Waals surface area contributed by atoms with Crippen molar-refractivity contribution in [1.29, 1.82) is 0 Å². The van der Waals surface area contributed by atoms with Gasteiger partial charge in [0.05, 0.1) is 11.0 Å². The van der Waals surface area contributed by atoms with Gasteiger partial charge < -0.3 is 9.13 Å². The molecule has 2 heterocycles. The third kappa shape index (κ3) is 2.10. The SMILES string of the molecule is Cn1c(-c2ccc3c(c2)c2ccccc2n3C)nc2c3cccc4ccc5cccc(c5c43)c21. The van der Waals surface area contributed by atoms with Gasteiger partial charge in [-0.05, 0) is 45.8 Å². The number of aromatic nitrogens is 3. The Balaban J connectivity index is 1.52. The summed E-state index contributed by atoms with van der Waals surface area (Å²) in [6, 6.07) is 33.0. The van der Waals surface area contributed by atoms with Crippen LogP contribution in [0.25, 0.3) is 76.5 Å². The fourth-order valence-corrected chi connectivity index (χ4v) is 6.11. The molecule has 0 bridgehead atoms. The maximum absolute atomic E-state index is 5.28. The van der Waals surface area contributed by atoms with E-state index in [2.05, 4.69) is 114 Å². The second-order valence-electron chi connectivity index (χ2n) is 9.37. The highest BCUT2D eigenvalue weighted by atomic mass is 15.1. The average Bonchev–Trinajstić information content (AvgIpc) is 3.38. The monoisotopic (exact) mass is 435 g/mol. The Bertz CT molecular complexity index is 2090. The summed E-state index contributed by atoms with van der Waals surface area (Å²) in [6.07, 6.45) is 0. The van der Waals surface area contributed by atoms with E-state index in [9.17, 15) is 0 Å². The molecule has 0 atom stereocenters. The summed E-state index contributed by atoms with van der Waals surface area (Å²) in [4.78, 5) is 5.28. The smallest absolute Gasteiger partial charge is 0.140 e. The van der Waals surface area contributed by atoms with E-state index in [1.807, 2.05) is 0 Å². The van der Waals surface area contributed by atoms with Crippen LogP contribution in [0.2, 0.25) is 0 Å². The van der Waals surface area contributed by atoms with Gasteiger partial charge in [-0.25, -0.2) is 4.98 Å². The van der Waals surface area contributed by atoms with Crippen molar-refractivity contribution in [1.82, 2.24) is 14.1 Å². The molecule has 0 aliphatic rings. The van der Waals surface area contributed by atoms with Gasteiger partial charge in [-0.3, -0.25) is 0 Å². The predicted octanol–water partition coefficient (Wildman–Crippen LogP) is 7.78. The van der Waals surface area contributed by atoms with Gasteiger partial charge in [-0.2, -0.15) is 0 Å². The van der Waals surface area contributed by atoms with Gasteiger partial charge in [0.15, 0.2) is 0 Å². The van der Waals surface area contributed by atoms with E-state index in [1.54, 1.807) is 0 Å². The van der Waals surface area contributed by atoms with E-state index in [1.165, 1.54) is 59.6 Å². The Hall–Kier alpha value is -4.37. The van der Waals surface area contributed by atoms with E-state index >= 15 is 0 Å². The molecule has 3 nitrogen and oxygen atoms in total. The number of hydrogen-bond donors (Lipinski definition) is 0. The molecule has 3 heteroatoms. The van der Waals surface area contributed by atoms with Crippen LogP contribution in [0.4, 0.5) is 0 Å². The standard InChI is InChI=1S/C31H21N3/c1-33-25-12-4-3-9-21(25)24-17-20(15-16-26(24)33)31-32-29-22-10-5-7-18-13-14-19-8-6-11-23(28(19)27(18)22)30(29)34(31)2/h3-17H,1-2H3. The van der Waals surface area contributed by atoms with Gasteiger partial charge in [0.25, 0.3) is 0 Å². The first-order chi connectivity index (χ1) is 16.7. The van der Waals surface area contributed by atoms with Crippen LogP contribution in [-0.4, -0.2) is 14.1 Å². The first-order valence-corrected chi connectivity index (χ1v) is 11.7. The second-order valence-corrected chi connectivity index (χ2v) is 9.37. The number of imidazole rings is 1. The Morgan fingerprint density at radius 3 is 2.06 bits per heavy atom. The van der Waals surface area contributed by atoms with E-state index in [4.69, 9.17) is 4.98 Å². The fourth-order valence-electron chi connectivity index (χ4n) is 6.11. The molecule has 0 saturated carbocycles. The molecule has 34 heavy (non-hydrogen) atoms. The molecular weight excluding hydrogens is 414 g/mol. The highest BCUT2D eigenvalue weighted by Crippen LogP contribution is 2.42. The maximum atomic E-state index is 5.28. The Morgan fingerprint density at radius 1 is 0.559 bits per heavy atom. The van der Waals surface area contributed by atoms with Crippen molar-refractivity contribution in [2.75, 3.05) is 0 Å². The molecule has 0 aliphatic carbocycles. The lowest BCUT2D eigenvalue weighted by molar-refractivity contribution is 0.962. The molecule has 0 radical (unpaired) electrons. The van der Waals surface area contributed by atoms with Crippen molar-refractivity contribution in [2.45, 2.75) is 0 Å². The molecule has 0 N–H and O–H groups in total. The lowest BCUT2D eigenvalue weighted by atomic mass is 9.93. The van der Waals surface area contributed by atoms with Gasteiger partial charge in [-0.1, -0.05) is 66.7 Å². The van der Waals surface area contributed by atoms with E-state index in [0.29, 0.717) is 0 Å². The molecule has 6 aromatic carbocycles. The van der Waals surface area contributed by atoms with Crippen LogP contribution in [0.1, 0.15) is 0 Å². The van der Waals surface area contributed by atoms with Crippen molar-refractivity contribution in [3.63, 3.8) is 0 Å². The van der Waals surface area contributed by atoms with Crippen molar-refractivity contribution in [2.24, 2.45) is 14.1 Å². The van der Waals surface area contributed by atoms with Crippen LogP contribution in [0.3, 0.4) is 0 Å². The Morgan fingerprint density at radius 2 is 1.24 bits per heavy atom. The molecule has 0 spiro atoms. The summed E-state index contributed by atoms with van der Waals surface area (Å²) in [5.41, 5.74) is 5.91. The number of rotatable bonds is 1. The number of benzene rings is 6. The van der Waals surface area contributed by atoms with Crippen molar-refractivity contribution in [3.8, 4) is 11.4 Å². The highest BCUT2D eigenvalue weighted by Gasteiger charge is 2.19. The molecule has 0 unspecified atom stereocenters. The molecule has 8 rings (SSSR count). The number of aryl methyl sites for hydroxylation is 2. The lowest BCUT2D eigenvalue weighted by Crippen LogP contribution is -1.94. The summed E-state index contributed by atoms with van der Waals surface area (Å²) >= 11 is 0. The Labute approximate surface area is 195 Å². The number of hydrogen-bond acceptors (Lipinski definition) is 1. The number of fused-ring (bicyclic) bond motifs is 6. The quantitative estimate of drug-likeness (QED) is 0.241. The number of para-hydroxylation sites is 1. The van der Waals surface area contributed by atoms with Crippen LogP contribution >= 0.6 is 0 Å². The van der Waals surface area contributed by atoms with E-state index < -0.39 is 0 Å². The van der Waals surface area contributed by atoms with Crippen LogP contribution in [-0.2, 0) is 14.1 Å². The summed E-state index contributed by atoms with van der Waals surface area (Å²) in [7, 11) is 4.30. The lowest BCUT2D eigenvalue weighted by Gasteiger charge is -2.12. The van der Waals surface area contributed by atoms with Gasteiger partial charge >= 0.3 is 0 Å². The summed E-state index contributed by atoms with van der Waals surface area (Å²) in [6.45, 7) is 0. The largest absolute Gasteiger partial charge is 0.344 e. The first-order valence-electron chi connectivity index (χ1n) is 11.7. The van der Waals surface area contributed by atoms with Crippen molar-refractivity contribution >= 4 is 65.2 Å². The van der Waals surface area contributed by atoms with Gasteiger partial charge in [-0.15, -0.1) is 0 Å². The van der Waals surface area contributed by atoms with E-state index in [0.717, 1.165) is 16.9 Å². The minimum atomic E-state index is 1.00. The van der Waals surface area contributed by atoms with Crippen molar-refractivity contribution < 1.29 is 0 Å². The zero-order valence-corrected chi connectivity index (χ0v) is 19.0. The molecule has 0 amide bonds. The third-order valence-corrected chi connectivity index (χ3v) is 7.66. The van der Waals surface area contributed by atoms with Crippen LogP contribution in [0, 0.1) is 0 Å². The molecule has 2 aromatic heterocycles. The molecule has 0 fully saturated rings. The van der Waals surface area contributed by atoms with Gasteiger partial charge in [0.2, 0.25) is 0 Å². The predicted molar refractivity (Wildman–Crippen MR) is 144 cm³/mol. The molecule has 160 valence electrons. The topological polar surface area (TPSA) is 22.8 Å². The first kappa shape index (κ1) is 18.1. The van der Waals surface area contributed by atoms with E-state index in [-0.39, 0.29) is 0 Å². The van der Waals surface area contributed by atoms with Crippen molar-refractivity contribution in [3.05, 3.63) is 91.0 Å². The molecule has 0 saturated heterocycles. The van der Waals surface area contributed by atoms with Crippen LogP contribution < -0.4 is 0 Å². The normalized spacial score (nSPS) is 12.4. The van der Waals surface area contributed by atoms with Gasteiger partial charge in [0.1, 0.15) is 5.82 Å². The molecule has 0 aliphatic heterocycles. The van der Waals surface area contributed by atoms with Gasteiger partial charge in [0, 0.05) is 52.2 Å².